The molecule has 1 aromatic heterocycles. The molecule has 2 aromatic rings. The maximum Gasteiger partial charge on any atom is 0.264 e. The van der Waals surface area contributed by atoms with Crippen molar-refractivity contribution in [2.75, 3.05) is 33.3 Å². The Morgan fingerprint density at radius 3 is 2.35 bits per heavy atom. The van der Waals surface area contributed by atoms with Crippen LogP contribution in [-0.4, -0.2) is 49.0 Å². The standard InChI is InChI=1S/C18H22N2O2S/c1-14-3-8-17(23-14)18(21)20-11-9-19(10-12-20)13-15-4-6-16(22-2)7-5-15/h3-8H,9-13H2,1-2H3. The van der Waals surface area contributed by atoms with Crippen LogP contribution in [0.4, 0.5) is 0 Å². The lowest BCUT2D eigenvalue weighted by Crippen LogP contribution is -2.48. The molecule has 3 rings (SSSR count). The number of nitrogens with zero attached hydrogens (tertiary/aromatic N) is 2. The number of aryl methyl sites for hydroxylation is 1. The van der Waals surface area contributed by atoms with Gasteiger partial charge in [0.15, 0.2) is 0 Å². The highest BCUT2D eigenvalue weighted by atomic mass is 32.1. The van der Waals surface area contributed by atoms with Gasteiger partial charge in [-0.1, -0.05) is 12.1 Å². The van der Waals surface area contributed by atoms with Gasteiger partial charge in [-0.25, -0.2) is 0 Å². The average molecular weight is 330 g/mol. The second-order valence-corrected chi connectivity index (χ2v) is 7.11. The number of methoxy groups -OCH3 is 1. The molecule has 1 aliphatic heterocycles. The lowest BCUT2D eigenvalue weighted by molar-refractivity contribution is 0.0633. The Labute approximate surface area is 141 Å². The van der Waals surface area contributed by atoms with Crippen LogP contribution in [0.5, 0.6) is 5.75 Å². The first-order chi connectivity index (χ1) is 11.2. The van der Waals surface area contributed by atoms with Gasteiger partial charge in [0, 0.05) is 37.6 Å². The molecule has 0 saturated carbocycles. The Hall–Kier alpha value is -1.85. The zero-order valence-electron chi connectivity index (χ0n) is 13.6. The topological polar surface area (TPSA) is 32.8 Å². The maximum absolute atomic E-state index is 12.5. The highest BCUT2D eigenvalue weighted by Gasteiger charge is 2.22. The van der Waals surface area contributed by atoms with E-state index >= 15 is 0 Å². The molecule has 1 aliphatic rings. The molecule has 1 amide bonds. The Balaban J connectivity index is 1.52. The van der Waals surface area contributed by atoms with E-state index in [1.165, 1.54) is 10.4 Å². The third-order valence-corrected chi connectivity index (χ3v) is 5.16. The summed E-state index contributed by atoms with van der Waals surface area (Å²) in [6.07, 6.45) is 0. The smallest absolute Gasteiger partial charge is 0.264 e. The molecule has 1 saturated heterocycles. The molecule has 0 N–H and O–H groups in total. The van der Waals surface area contributed by atoms with Gasteiger partial charge in [-0.15, -0.1) is 11.3 Å². The summed E-state index contributed by atoms with van der Waals surface area (Å²) >= 11 is 1.58. The van der Waals surface area contributed by atoms with Crippen LogP contribution < -0.4 is 4.74 Å². The molecule has 23 heavy (non-hydrogen) atoms. The van der Waals surface area contributed by atoms with Gasteiger partial charge in [0.2, 0.25) is 0 Å². The number of thiophene rings is 1. The van der Waals surface area contributed by atoms with Crippen molar-refractivity contribution in [3.05, 3.63) is 51.7 Å². The fraction of sp³-hybridized carbons (Fsp3) is 0.389. The molecule has 2 heterocycles. The molecular formula is C18H22N2O2S. The number of benzene rings is 1. The number of amides is 1. The summed E-state index contributed by atoms with van der Waals surface area (Å²) in [7, 11) is 1.68. The van der Waals surface area contributed by atoms with Gasteiger partial charge in [-0.3, -0.25) is 9.69 Å². The maximum atomic E-state index is 12.5. The monoisotopic (exact) mass is 330 g/mol. The first kappa shape index (κ1) is 16.0. The molecule has 1 fully saturated rings. The average Bonchev–Trinajstić information content (AvgIpc) is 3.02. The normalized spacial score (nSPS) is 15.7. The third kappa shape index (κ3) is 3.92. The molecule has 0 aliphatic carbocycles. The Morgan fingerprint density at radius 1 is 1.09 bits per heavy atom. The van der Waals surface area contributed by atoms with Crippen LogP contribution in [0.15, 0.2) is 36.4 Å². The number of rotatable bonds is 4. The third-order valence-electron chi connectivity index (χ3n) is 4.18. The van der Waals surface area contributed by atoms with Crippen LogP contribution in [0, 0.1) is 6.92 Å². The molecule has 5 heteroatoms. The fourth-order valence-corrected chi connectivity index (χ4v) is 3.64. The second kappa shape index (κ2) is 7.15. The van der Waals surface area contributed by atoms with Crippen molar-refractivity contribution in [1.29, 1.82) is 0 Å². The predicted octanol–water partition coefficient (Wildman–Crippen LogP) is 3.02. The lowest BCUT2D eigenvalue weighted by Gasteiger charge is -2.34. The minimum Gasteiger partial charge on any atom is -0.497 e. The van der Waals surface area contributed by atoms with Gasteiger partial charge >= 0.3 is 0 Å². The molecule has 0 bridgehead atoms. The summed E-state index contributed by atoms with van der Waals surface area (Å²) in [4.78, 5) is 18.9. The molecular weight excluding hydrogens is 308 g/mol. The SMILES string of the molecule is COc1ccc(CN2CCN(C(=O)c3ccc(C)s3)CC2)cc1. The van der Waals surface area contributed by atoms with Crippen LogP contribution in [0.2, 0.25) is 0 Å². The highest BCUT2D eigenvalue weighted by molar-refractivity contribution is 7.13. The number of carbonyl (C=O) groups is 1. The number of hydrogen-bond acceptors (Lipinski definition) is 4. The van der Waals surface area contributed by atoms with E-state index in [2.05, 4.69) is 17.0 Å². The number of hydrogen-bond donors (Lipinski definition) is 0. The van der Waals surface area contributed by atoms with E-state index in [0.29, 0.717) is 0 Å². The van der Waals surface area contributed by atoms with E-state index in [0.717, 1.165) is 43.4 Å². The van der Waals surface area contributed by atoms with Crippen LogP contribution in [0.3, 0.4) is 0 Å². The van der Waals surface area contributed by atoms with Crippen LogP contribution in [0.25, 0.3) is 0 Å². The summed E-state index contributed by atoms with van der Waals surface area (Å²) in [5.41, 5.74) is 1.28. The number of piperazine rings is 1. The van der Waals surface area contributed by atoms with Gasteiger partial charge in [-0.05, 0) is 36.8 Å². The van der Waals surface area contributed by atoms with Gasteiger partial charge < -0.3 is 9.64 Å². The largest absolute Gasteiger partial charge is 0.497 e. The molecule has 4 nitrogen and oxygen atoms in total. The summed E-state index contributed by atoms with van der Waals surface area (Å²) in [5.74, 6) is 1.06. The van der Waals surface area contributed by atoms with Crippen molar-refractivity contribution in [3.8, 4) is 5.75 Å². The van der Waals surface area contributed by atoms with Crippen molar-refractivity contribution >= 4 is 17.2 Å². The van der Waals surface area contributed by atoms with Gasteiger partial charge in [0.1, 0.15) is 5.75 Å². The first-order valence-electron chi connectivity index (χ1n) is 7.87. The van der Waals surface area contributed by atoms with Crippen molar-refractivity contribution in [1.82, 2.24) is 9.80 Å². The van der Waals surface area contributed by atoms with Crippen LogP contribution in [0.1, 0.15) is 20.1 Å². The highest BCUT2D eigenvalue weighted by Crippen LogP contribution is 2.19. The molecule has 1 aromatic carbocycles. The summed E-state index contributed by atoms with van der Waals surface area (Å²) < 4.78 is 5.19. The zero-order valence-corrected chi connectivity index (χ0v) is 14.4. The first-order valence-corrected chi connectivity index (χ1v) is 8.68. The van der Waals surface area contributed by atoms with Crippen molar-refractivity contribution in [2.45, 2.75) is 13.5 Å². The fourth-order valence-electron chi connectivity index (χ4n) is 2.80. The van der Waals surface area contributed by atoms with Gasteiger partial charge in [0.05, 0.1) is 12.0 Å². The second-order valence-electron chi connectivity index (χ2n) is 5.83. The molecule has 122 valence electrons. The predicted molar refractivity (Wildman–Crippen MR) is 93.2 cm³/mol. The number of carbonyl (C=O) groups excluding carboxylic acids is 1. The molecule has 0 spiro atoms. The Bertz CT molecular complexity index is 658. The van der Waals surface area contributed by atoms with Gasteiger partial charge in [-0.2, -0.15) is 0 Å². The summed E-state index contributed by atoms with van der Waals surface area (Å²) in [5, 5.41) is 0. The van der Waals surface area contributed by atoms with E-state index in [1.807, 2.05) is 36.1 Å². The van der Waals surface area contributed by atoms with Crippen LogP contribution >= 0.6 is 11.3 Å². The summed E-state index contributed by atoms with van der Waals surface area (Å²) in [6, 6.07) is 12.1. The minimum atomic E-state index is 0.173. The quantitative estimate of drug-likeness (QED) is 0.864. The van der Waals surface area contributed by atoms with Crippen molar-refractivity contribution < 1.29 is 9.53 Å². The van der Waals surface area contributed by atoms with E-state index in [9.17, 15) is 4.79 Å². The summed E-state index contributed by atoms with van der Waals surface area (Å²) in [6.45, 7) is 6.39. The van der Waals surface area contributed by atoms with E-state index in [1.54, 1.807) is 18.4 Å². The van der Waals surface area contributed by atoms with Crippen LogP contribution in [-0.2, 0) is 6.54 Å². The number of ether oxygens (including phenoxy) is 1. The van der Waals surface area contributed by atoms with Crippen molar-refractivity contribution in [2.24, 2.45) is 0 Å². The minimum absolute atomic E-state index is 0.173. The Morgan fingerprint density at radius 2 is 1.78 bits per heavy atom. The lowest BCUT2D eigenvalue weighted by atomic mass is 10.2. The van der Waals surface area contributed by atoms with E-state index < -0.39 is 0 Å². The van der Waals surface area contributed by atoms with Gasteiger partial charge in [0.25, 0.3) is 5.91 Å². The Kier molecular flexibility index (Phi) is 4.98. The molecule has 0 unspecified atom stereocenters. The molecule has 0 radical (unpaired) electrons. The van der Waals surface area contributed by atoms with E-state index in [-0.39, 0.29) is 5.91 Å². The molecule has 0 atom stereocenters. The zero-order chi connectivity index (χ0) is 16.2. The van der Waals surface area contributed by atoms with Crippen molar-refractivity contribution in [3.63, 3.8) is 0 Å². The van der Waals surface area contributed by atoms with E-state index in [4.69, 9.17) is 4.74 Å².